The zero-order valence-corrected chi connectivity index (χ0v) is 16.0. The predicted molar refractivity (Wildman–Crippen MR) is 102 cm³/mol. The number of alkyl halides is 6. The van der Waals surface area contributed by atoms with Crippen molar-refractivity contribution in [1.82, 2.24) is 4.98 Å². The Morgan fingerprint density at radius 3 is 2.30 bits per heavy atom. The molecule has 0 unspecified atom stereocenters. The summed E-state index contributed by atoms with van der Waals surface area (Å²) < 4.78 is 86.2. The quantitative estimate of drug-likeness (QED) is 0.363. The van der Waals surface area contributed by atoms with Crippen molar-refractivity contribution >= 4 is 10.9 Å². The number of rotatable bonds is 6. The fourth-order valence-corrected chi connectivity index (χ4v) is 3.51. The Hall–Kier alpha value is -2.68. The van der Waals surface area contributed by atoms with Crippen LogP contribution in [0.4, 0.5) is 26.3 Å². The van der Waals surface area contributed by atoms with Crippen LogP contribution in [0.3, 0.4) is 0 Å². The molecule has 9 heteroatoms. The van der Waals surface area contributed by atoms with E-state index >= 15 is 0 Å². The van der Waals surface area contributed by atoms with Crippen LogP contribution >= 0.6 is 0 Å². The van der Waals surface area contributed by atoms with Crippen LogP contribution in [0, 0.1) is 0 Å². The molecule has 3 aromatic rings. The van der Waals surface area contributed by atoms with Gasteiger partial charge in [-0.3, -0.25) is 0 Å². The van der Waals surface area contributed by atoms with Gasteiger partial charge in [0.05, 0.1) is 18.2 Å². The maximum Gasteiger partial charge on any atom is 0.417 e. The normalized spacial score (nSPS) is 12.5. The summed E-state index contributed by atoms with van der Waals surface area (Å²) in [4.78, 5) is 2.80. The van der Waals surface area contributed by atoms with E-state index in [1.807, 2.05) is 0 Å². The van der Waals surface area contributed by atoms with Gasteiger partial charge in [0, 0.05) is 22.2 Å². The lowest BCUT2D eigenvalue weighted by molar-refractivity contribution is -0.142. The number of H-pyrrole nitrogens is 1. The number of aryl methyl sites for hydroxylation is 1. The molecule has 30 heavy (non-hydrogen) atoms. The highest BCUT2D eigenvalue weighted by atomic mass is 19.4. The molecule has 0 fully saturated rings. The molecule has 0 saturated carbocycles. The van der Waals surface area contributed by atoms with Crippen LogP contribution < -0.4 is 10.5 Å². The van der Waals surface area contributed by atoms with Crippen molar-refractivity contribution < 1.29 is 31.1 Å². The van der Waals surface area contributed by atoms with Gasteiger partial charge >= 0.3 is 12.4 Å². The third-order valence-electron chi connectivity index (χ3n) is 4.87. The number of aromatic amines is 1. The highest BCUT2D eigenvalue weighted by molar-refractivity contribution is 5.94. The number of ether oxygens (including phenoxy) is 1. The van der Waals surface area contributed by atoms with Crippen LogP contribution in [0.2, 0.25) is 0 Å². The number of halogens is 6. The average molecular weight is 430 g/mol. The Morgan fingerprint density at radius 2 is 1.70 bits per heavy atom. The zero-order chi connectivity index (χ0) is 22.1. The molecule has 3 rings (SSSR count). The maximum atomic E-state index is 13.8. The maximum absolute atomic E-state index is 13.8. The van der Waals surface area contributed by atoms with E-state index < -0.39 is 23.5 Å². The Labute approximate surface area is 168 Å². The number of aromatic nitrogens is 1. The average Bonchev–Trinajstić information content (AvgIpc) is 3.04. The molecule has 3 nitrogen and oxygen atoms in total. The largest absolute Gasteiger partial charge is 0.497 e. The van der Waals surface area contributed by atoms with Crippen molar-refractivity contribution in [2.75, 3.05) is 13.7 Å². The van der Waals surface area contributed by atoms with Crippen LogP contribution in [0.15, 0.2) is 36.4 Å². The highest BCUT2D eigenvalue weighted by Gasteiger charge is 2.39. The van der Waals surface area contributed by atoms with Crippen molar-refractivity contribution in [3.05, 3.63) is 53.1 Å². The molecule has 1 heterocycles. The number of hydrogen-bond acceptors (Lipinski definition) is 2. The summed E-state index contributed by atoms with van der Waals surface area (Å²) in [6.07, 6.45) is -8.55. The molecule has 0 aliphatic carbocycles. The highest BCUT2D eigenvalue weighted by Crippen LogP contribution is 2.44. The second-order valence-corrected chi connectivity index (χ2v) is 6.90. The van der Waals surface area contributed by atoms with Gasteiger partial charge in [0.25, 0.3) is 0 Å². The minimum absolute atomic E-state index is 0.179. The molecular weight excluding hydrogens is 410 g/mol. The van der Waals surface area contributed by atoms with E-state index in [0.29, 0.717) is 42.0 Å². The van der Waals surface area contributed by atoms with Crippen LogP contribution in [-0.2, 0) is 18.8 Å². The lowest BCUT2D eigenvalue weighted by atomic mass is 9.96. The third kappa shape index (κ3) is 4.40. The molecule has 0 aliphatic rings. The molecule has 0 saturated heterocycles. The topological polar surface area (TPSA) is 51.0 Å². The van der Waals surface area contributed by atoms with E-state index in [1.165, 1.54) is 7.11 Å². The zero-order valence-electron chi connectivity index (χ0n) is 16.0. The third-order valence-corrected chi connectivity index (χ3v) is 4.87. The summed E-state index contributed by atoms with van der Waals surface area (Å²) in [5.74, 6) is 0.478. The SMILES string of the molecule is COc1cccc(-c2[nH]c3cc(C(F)(F)F)cc(C(F)(F)F)c3c2CCCCN)c1. The van der Waals surface area contributed by atoms with Gasteiger partial charge in [-0.2, -0.15) is 26.3 Å². The summed E-state index contributed by atoms with van der Waals surface area (Å²) in [5.41, 5.74) is 3.81. The van der Waals surface area contributed by atoms with Gasteiger partial charge in [-0.25, -0.2) is 0 Å². The lowest BCUT2D eigenvalue weighted by Crippen LogP contribution is -2.11. The lowest BCUT2D eigenvalue weighted by Gasteiger charge is -2.14. The Kier molecular flexibility index (Phi) is 6.03. The summed E-state index contributed by atoms with van der Waals surface area (Å²) in [5, 5.41) is -0.245. The second kappa shape index (κ2) is 8.22. The van der Waals surface area contributed by atoms with E-state index in [1.54, 1.807) is 24.3 Å². The van der Waals surface area contributed by atoms with E-state index in [9.17, 15) is 26.3 Å². The van der Waals surface area contributed by atoms with Gasteiger partial charge in [0.2, 0.25) is 0 Å². The predicted octanol–water partition coefficient (Wildman–Crippen LogP) is 6.16. The van der Waals surface area contributed by atoms with Crippen molar-refractivity contribution in [1.29, 1.82) is 0 Å². The summed E-state index contributed by atoms with van der Waals surface area (Å²) in [6.45, 7) is 0.362. The molecule has 3 N–H and O–H groups in total. The molecular formula is C21H20F6N2O. The molecule has 162 valence electrons. The first-order chi connectivity index (χ1) is 14.1. The molecule has 2 aromatic carbocycles. The number of hydrogen-bond donors (Lipinski definition) is 2. The van der Waals surface area contributed by atoms with Gasteiger partial charge in [-0.1, -0.05) is 12.1 Å². The van der Waals surface area contributed by atoms with Gasteiger partial charge in [-0.05, 0) is 55.6 Å². The number of benzene rings is 2. The van der Waals surface area contributed by atoms with E-state index in [4.69, 9.17) is 10.5 Å². The van der Waals surface area contributed by atoms with Crippen LogP contribution in [0.5, 0.6) is 5.75 Å². The van der Waals surface area contributed by atoms with E-state index in [2.05, 4.69) is 4.98 Å². The molecule has 0 bridgehead atoms. The molecule has 0 aliphatic heterocycles. The number of nitrogens with one attached hydrogen (secondary N) is 1. The first-order valence-corrected chi connectivity index (χ1v) is 9.23. The molecule has 0 amide bonds. The molecule has 0 atom stereocenters. The van der Waals surface area contributed by atoms with Crippen LogP contribution in [-0.4, -0.2) is 18.6 Å². The smallest absolute Gasteiger partial charge is 0.417 e. The Bertz CT molecular complexity index is 1040. The van der Waals surface area contributed by atoms with Gasteiger partial charge in [-0.15, -0.1) is 0 Å². The number of unbranched alkanes of at least 4 members (excludes halogenated alkanes) is 1. The monoisotopic (exact) mass is 430 g/mol. The fraction of sp³-hybridized carbons (Fsp3) is 0.333. The standard InChI is InChI=1S/C21H20F6N2O/c1-30-14-6-4-5-12(9-14)19-15(7-2-3-8-28)18-16(21(25,26)27)10-13(20(22,23)24)11-17(18)29-19/h4-6,9-11,29H,2-3,7-8,28H2,1H3. The minimum atomic E-state index is -4.95. The minimum Gasteiger partial charge on any atom is -0.497 e. The summed E-state index contributed by atoms with van der Waals surface area (Å²) in [7, 11) is 1.45. The number of fused-ring (bicyclic) bond motifs is 1. The first kappa shape index (κ1) is 22.0. The van der Waals surface area contributed by atoms with Crippen LogP contribution in [0.25, 0.3) is 22.2 Å². The van der Waals surface area contributed by atoms with Crippen LogP contribution in [0.1, 0.15) is 29.5 Å². The second-order valence-electron chi connectivity index (χ2n) is 6.90. The Balaban J connectivity index is 2.33. The summed E-state index contributed by atoms with van der Waals surface area (Å²) >= 11 is 0. The molecule has 1 aromatic heterocycles. The first-order valence-electron chi connectivity index (χ1n) is 9.23. The van der Waals surface area contributed by atoms with Gasteiger partial charge < -0.3 is 15.5 Å². The summed E-state index contributed by atoms with van der Waals surface area (Å²) in [6, 6.07) is 7.52. The van der Waals surface area contributed by atoms with Crippen molar-refractivity contribution in [2.24, 2.45) is 5.73 Å². The van der Waals surface area contributed by atoms with Crippen molar-refractivity contribution in [2.45, 2.75) is 31.6 Å². The molecule has 0 spiro atoms. The number of nitrogens with two attached hydrogens (primary N) is 1. The van der Waals surface area contributed by atoms with E-state index in [0.717, 1.165) is 6.07 Å². The Morgan fingerprint density at radius 1 is 0.967 bits per heavy atom. The fourth-order valence-electron chi connectivity index (χ4n) is 3.51. The van der Waals surface area contributed by atoms with Gasteiger partial charge in [0.15, 0.2) is 0 Å². The van der Waals surface area contributed by atoms with Crippen molar-refractivity contribution in [3.8, 4) is 17.0 Å². The molecule has 0 radical (unpaired) electrons. The van der Waals surface area contributed by atoms with E-state index in [-0.39, 0.29) is 23.4 Å². The van der Waals surface area contributed by atoms with Crippen molar-refractivity contribution in [3.63, 3.8) is 0 Å². The number of methoxy groups -OCH3 is 1. The van der Waals surface area contributed by atoms with Gasteiger partial charge in [0.1, 0.15) is 5.75 Å².